The van der Waals surface area contributed by atoms with E-state index in [2.05, 4.69) is 38.8 Å². The number of carbonyl (C=O) groups is 1. The van der Waals surface area contributed by atoms with Gasteiger partial charge in [-0.1, -0.05) is 48.2 Å². The molecule has 1 amide bonds. The zero-order chi connectivity index (χ0) is 21.4. The molecule has 0 heterocycles. The van der Waals surface area contributed by atoms with E-state index in [1.54, 1.807) is 7.11 Å². The molecule has 32 heavy (non-hydrogen) atoms. The van der Waals surface area contributed by atoms with Gasteiger partial charge in [0.25, 0.3) is 0 Å². The first-order valence-corrected chi connectivity index (χ1v) is 11.6. The van der Waals surface area contributed by atoms with Crippen molar-refractivity contribution in [3.05, 3.63) is 53.0 Å². The molecular formula is C24H34BrCl2N3O2. The van der Waals surface area contributed by atoms with Crippen LogP contribution in [0.2, 0.25) is 0 Å². The number of nitrogens with one attached hydrogen (secondary N) is 3. The monoisotopic (exact) mass is 545 g/mol. The summed E-state index contributed by atoms with van der Waals surface area (Å²) < 4.78 is 6.22. The number of anilines is 2. The van der Waals surface area contributed by atoms with E-state index in [0.29, 0.717) is 6.54 Å². The molecule has 8 heteroatoms. The van der Waals surface area contributed by atoms with Gasteiger partial charge in [0, 0.05) is 28.4 Å². The fourth-order valence-electron chi connectivity index (χ4n) is 3.98. The fraction of sp³-hybridized carbons (Fsp3) is 0.458. The Hall–Kier alpha value is -1.63. The van der Waals surface area contributed by atoms with E-state index >= 15 is 0 Å². The lowest BCUT2D eigenvalue weighted by atomic mass is 9.80. The largest absolute Gasteiger partial charge is 0.497 e. The molecule has 1 atom stereocenters. The van der Waals surface area contributed by atoms with Gasteiger partial charge in [-0.05, 0) is 61.7 Å². The van der Waals surface area contributed by atoms with E-state index in [1.807, 2.05) is 48.5 Å². The molecular weight excluding hydrogens is 513 g/mol. The highest BCUT2D eigenvalue weighted by atomic mass is 79.9. The summed E-state index contributed by atoms with van der Waals surface area (Å²) in [6, 6.07) is 16.0. The molecule has 2 aromatic carbocycles. The topological polar surface area (TPSA) is 62.4 Å². The second kappa shape index (κ2) is 13.8. The first-order valence-electron chi connectivity index (χ1n) is 10.8. The summed E-state index contributed by atoms with van der Waals surface area (Å²) in [7, 11) is 1.66. The Morgan fingerprint density at radius 2 is 1.75 bits per heavy atom. The molecule has 1 saturated carbocycles. The van der Waals surface area contributed by atoms with Gasteiger partial charge in [0.1, 0.15) is 11.3 Å². The van der Waals surface area contributed by atoms with Gasteiger partial charge >= 0.3 is 0 Å². The lowest BCUT2D eigenvalue weighted by Gasteiger charge is -2.38. The number of methoxy groups -OCH3 is 1. The summed E-state index contributed by atoms with van der Waals surface area (Å²) in [4.78, 5) is 13.4. The number of hydrogen-bond donors (Lipinski definition) is 3. The normalized spacial score (nSPS) is 15.3. The van der Waals surface area contributed by atoms with Gasteiger partial charge in [-0.2, -0.15) is 0 Å². The highest BCUT2D eigenvalue weighted by Crippen LogP contribution is 2.33. The van der Waals surface area contributed by atoms with Gasteiger partial charge in [0.05, 0.1) is 7.11 Å². The molecule has 178 valence electrons. The lowest BCUT2D eigenvalue weighted by molar-refractivity contribution is -0.127. The van der Waals surface area contributed by atoms with Crippen molar-refractivity contribution < 1.29 is 9.53 Å². The van der Waals surface area contributed by atoms with Crippen LogP contribution in [0.4, 0.5) is 11.4 Å². The lowest BCUT2D eigenvalue weighted by Crippen LogP contribution is -2.56. The maximum Gasteiger partial charge on any atom is 0.245 e. The van der Waals surface area contributed by atoms with Crippen LogP contribution in [0.5, 0.6) is 5.75 Å². The Morgan fingerprint density at radius 3 is 2.34 bits per heavy atom. The Balaban J connectivity index is 0.00000256. The van der Waals surface area contributed by atoms with Crippen LogP contribution >= 0.6 is 40.7 Å². The third kappa shape index (κ3) is 7.75. The molecule has 1 fully saturated rings. The van der Waals surface area contributed by atoms with Gasteiger partial charge in [0.2, 0.25) is 5.91 Å². The number of carbonyl (C=O) groups excluding carboxylic acids is 1. The van der Waals surface area contributed by atoms with Crippen LogP contribution in [0.15, 0.2) is 53.0 Å². The molecule has 0 bridgehead atoms. The number of halogens is 3. The first kappa shape index (κ1) is 28.4. The molecule has 0 radical (unpaired) electrons. The van der Waals surface area contributed by atoms with Crippen molar-refractivity contribution in [2.45, 2.75) is 57.0 Å². The SMILES string of the molecule is CC[C@@H](CNc1ccc(OC)cc1)NC(=O)C1(Nc2cccc(Br)c2)CCCCC1.Cl.Cl. The molecule has 2 aromatic rings. The van der Waals surface area contributed by atoms with Gasteiger partial charge in [-0.15, -0.1) is 24.8 Å². The Labute approximate surface area is 212 Å². The first-order chi connectivity index (χ1) is 14.5. The zero-order valence-electron chi connectivity index (χ0n) is 18.7. The Morgan fingerprint density at radius 1 is 1.06 bits per heavy atom. The van der Waals surface area contributed by atoms with Crippen LogP contribution in [-0.2, 0) is 4.79 Å². The standard InChI is InChI=1S/C24H32BrN3O2.2ClH/c1-3-19(17-26-20-10-12-22(30-2)13-11-20)27-23(29)24(14-5-4-6-15-24)28-21-9-7-8-18(25)16-21;;/h7-13,16,19,26,28H,3-6,14-15,17H2,1-2H3,(H,27,29);2*1H/t19-;;/m0../s1. The quantitative estimate of drug-likeness (QED) is 0.339. The summed E-state index contributed by atoms with van der Waals surface area (Å²) in [5.41, 5.74) is 1.45. The second-order valence-corrected chi connectivity index (χ2v) is 8.88. The summed E-state index contributed by atoms with van der Waals surface area (Å²) in [5, 5.41) is 10.3. The van der Waals surface area contributed by atoms with Gasteiger partial charge in [-0.25, -0.2) is 0 Å². The number of hydrogen-bond acceptors (Lipinski definition) is 4. The van der Waals surface area contributed by atoms with Crippen LogP contribution < -0.4 is 20.7 Å². The third-order valence-corrected chi connectivity index (χ3v) is 6.31. The molecule has 0 aromatic heterocycles. The molecule has 1 aliphatic carbocycles. The minimum atomic E-state index is -0.549. The molecule has 0 saturated heterocycles. The number of ether oxygens (including phenoxy) is 1. The number of benzene rings is 2. The van der Waals surface area contributed by atoms with Gasteiger partial charge in [0.15, 0.2) is 0 Å². The molecule has 0 aliphatic heterocycles. The molecule has 1 aliphatic rings. The molecule has 0 unspecified atom stereocenters. The Bertz CT molecular complexity index is 830. The predicted molar refractivity (Wildman–Crippen MR) is 142 cm³/mol. The van der Waals surface area contributed by atoms with Crippen LogP contribution in [0, 0.1) is 0 Å². The fourth-order valence-corrected chi connectivity index (χ4v) is 4.38. The minimum Gasteiger partial charge on any atom is -0.497 e. The van der Waals surface area contributed by atoms with Crippen molar-refractivity contribution in [3.8, 4) is 5.75 Å². The molecule has 3 rings (SSSR count). The molecule has 3 N–H and O–H groups in total. The van der Waals surface area contributed by atoms with E-state index in [0.717, 1.165) is 53.7 Å². The number of amides is 1. The summed E-state index contributed by atoms with van der Waals surface area (Å²) in [6.45, 7) is 2.79. The minimum absolute atomic E-state index is 0. The van der Waals surface area contributed by atoms with Crippen molar-refractivity contribution in [3.63, 3.8) is 0 Å². The number of rotatable bonds is 9. The van der Waals surface area contributed by atoms with Crippen LogP contribution in [0.3, 0.4) is 0 Å². The van der Waals surface area contributed by atoms with Crippen molar-refractivity contribution in [2.75, 3.05) is 24.3 Å². The van der Waals surface area contributed by atoms with E-state index in [4.69, 9.17) is 4.74 Å². The summed E-state index contributed by atoms with van der Waals surface area (Å²) in [5.74, 6) is 0.935. The maximum atomic E-state index is 13.4. The van der Waals surface area contributed by atoms with Crippen LogP contribution in [0.25, 0.3) is 0 Å². The van der Waals surface area contributed by atoms with E-state index < -0.39 is 5.54 Å². The van der Waals surface area contributed by atoms with E-state index in [1.165, 1.54) is 6.42 Å². The highest BCUT2D eigenvalue weighted by Gasteiger charge is 2.40. The predicted octanol–water partition coefficient (Wildman–Crippen LogP) is 6.42. The van der Waals surface area contributed by atoms with Gasteiger partial charge < -0.3 is 20.7 Å². The van der Waals surface area contributed by atoms with E-state index in [-0.39, 0.29) is 36.8 Å². The van der Waals surface area contributed by atoms with Crippen molar-refractivity contribution >= 4 is 58.0 Å². The van der Waals surface area contributed by atoms with Gasteiger partial charge in [-0.3, -0.25) is 4.79 Å². The average Bonchev–Trinajstić information content (AvgIpc) is 2.77. The highest BCUT2D eigenvalue weighted by molar-refractivity contribution is 9.10. The van der Waals surface area contributed by atoms with E-state index in [9.17, 15) is 4.79 Å². The van der Waals surface area contributed by atoms with Crippen molar-refractivity contribution in [1.29, 1.82) is 0 Å². The smallest absolute Gasteiger partial charge is 0.245 e. The molecule has 5 nitrogen and oxygen atoms in total. The summed E-state index contributed by atoms with van der Waals surface area (Å²) in [6.07, 6.45) is 5.89. The van der Waals surface area contributed by atoms with Crippen molar-refractivity contribution in [1.82, 2.24) is 5.32 Å². The zero-order valence-corrected chi connectivity index (χ0v) is 21.9. The second-order valence-electron chi connectivity index (χ2n) is 7.97. The molecule has 0 spiro atoms. The average molecular weight is 547 g/mol. The Kier molecular flexibility index (Phi) is 12.3. The summed E-state index contributed by atoms with van der Waals surface area (Å²) >= 11 is 3.53. The maximum absolute atomic E-state index is 13.4. The van der Waals surface area contributed by atoms with Crippen molar-refractivity contribution in [2.24, 2.45) is 0 Å². The van der Waals surface area contributed by atoms with Crippen LogP contribution in [0.1, 0.15) is 45.4 Å². The third-order valence-electron chi connectivity index (χ3n) is 5.82. The van der Waals surface area contributed by atoms with Crippen LogP contribution in [-0.4, -0.2) is 31.1 Å².